The minimum Gasteiger partial charge on any atom is -0.205 e. The number of hydrogen-bond donors (Lipinski definition) is 0. The van der Waals surface area contributed by atoms with E-state index in [1.165, 1.54) is 12.1 Å². The van der Waals surface area contributed by atoms with Gasteiger partial charge in [-0.15, -0.1) is 0 Å². The summed E-state index contributed by atoms with van der Waals surface area (Å²) in [5, 5.41) is 8.32. The van der Waals surface area contributed by atoms with Crippen LogP contribution < -0.4 is 0 Å². The van der Waals surface area contributed by atoms with Crippen LogP contribution in [0.5, 0.6) is 0 Å². The molecule has 1 aromatic carbocycles. The summed E-state index contributed by atoms with van der Waals surface area (Å²) in [6.07, 6.45) is 1.05. The minimum atomic E-state index is -0.610. The van der Waals surface area contributed by atoms with Gasteiger partial charge >= 0.3 is 0 Å². The zero-order valence-electron chi connectivity index (χ0n) is 6.39. The van der Waals surface area contributed by atoms with Crippen molar-refractivity contribution >= 4 is 28.2 Å². The number of benzene rings is 1. The summed E-state index contributed by atoms with van der Waals surface area (Å²) in [6.45, 7) is 0. The van der Waals surface area contributed by atoms with E-state index in [2.05, 4.69) is 0 Å². The summed E-state index contributed by atoms with van der Waals surface area (Å²) in [7, 11) is 0. The molecule has 1 rings (SSSR count). The molecule has 0 amide bonds. The molecule has 0 aliphatic carbocycles. The molecule has 0 bridgehead atoms. The van der Waals surface area contributed by atoms with Gasteiger partial charge in [0.15, 0.2) is 5.82 Å². The van der Waals surface area contributed by atoms with Gasteiger partial charge in [-0.3, -0.25) is 0 Å². The Morgan fingerprint density at radius 3 is 2.85 bits per heavy atom. The van der Waals surface area contributed by atoms with Gasteiger partial charge in [0.05, 0.1) is 16.1 Å². The molecule has 0 atom stereocenters. The van der Waals surface area contributed by atoms with Crippen molar-refractivity contribution in [3.63, 3.8) is 0 Å². The fourth-order valence-corrected chi connectivity index (χ4v) is 1.19. The van der Waals surface area contributed by atoms with Crippen LogP contribution in [0.4, 0.5) is 4.39 Å². The molecule has 0 aliphatic rings. The van der Waals surface area contributed by atoms with E-state index in [0.29, 0.717) is 0 Å². The topological polar surface area (TPSA) is 23.8 Å². The highest BCUT2D eigenvalue weighted by Crippen LogP contribution is 2.26. The van der Waals surface area contributed by atoms with Crippen molar-refractivity contribution in [3.8, 4) is 6.07 Å². The first-order valence-electron chi connectivity index (χ1n) is 3.36. The molecule has 0 spiro atoms. The Morgan fingerprint density at radius 1 is 1.54 bits per heavy atom. The highest BCUT2D eigenvalue weighted by Gasteiger charge is 2.08. The standard InChI is InChI=1S/C9H4Cl2FN/c10-7(4-5-13)6-2-1-3-8(11)9(6)12/h1-4H/b7-4-. The maximum absolute atomic E-state index is 13.2. The van der Waals surface area contributed by atoms with E-state index in [0.717, 1.165) is 6.08 Å². The molecule has 0 heterocycles. The molecular weight excluding hydrogens is 212 g/mol. The zero-order chi connectivity index (χ0) is 9.84. The highest BCUT2D eigenvalue weighted by molar-refractivity contribution is 6.49. The first-order chi connectivity index (χ1) is 6.16. The van der Waals surface area contributed by atoms with Crippen molar-refractivity contribution in [1.82, 2.24) is 0 Å². The number of nitriles is 1. The van der Waals surface area contributed by atoms with Crippen molar-refractivity contribution in [3.05, 3.63) is 40.7 Å². The summed E-state index contributed by atoms with van der Waals surface area (Å²) >= 11 is 11.1. The Balaban J connectivity index is 3.25. The Morgan fingerprint density at radius 2 is 2.23 bits per heavy atom. The Bertz CT molecular complexity index is 393. The van der Waals surface area contributed by atoms with Gasteiger partial charge in [0.2, 0.25) is 0 Å². The average Bonchev–Trinajstić information content (AvgIpc) is 2.10. The van der Waals surface area contributed by atoms with Crippen molar-refractivity contribution in [1.29, 1.82) is 5.26 Å². The molecule has 4 heteroatoms. The fourth-order valence-electron chi connectivity index (χ4n) is 0.823. The summed E-state index contributed by atoms with van der Waals surface area (Å²) in [5.41, 5.74) is 0.135. The van der Waals surface area contributed by atoms with Gasteiger partial charge in [0.25, 0.3) is 0 Å². The van der Waals surface area contributed by atoms with Crippen LogP contribution >= 0.6 is 23.2 Å². The van der Waals surface area contributed by atoms with E-state index in [1.807, 2.05) is 0 Å². The molecule has 0 radical (unpaired) electrons. The molecule has 0 fully saturated rings. The second kappa shape index (κ2) is 4.27. The monoisotopic (exact) mass is 215 g/mol. The highest BCUT2D eigenvalue weighted by atomic mass is 35.5. The minimum absolute atomic E-state index is 0.0120. The molecule has 1 nitrogen and oxygen atoms in total. The average molecular weight is 216 g/mol. The van der Waals surface area contributed by atoms with E-state index in [9.17, 15) is 4.39 Å². The summed E-state index contributed by atoms with van der Waals surface area (Å²) in [5.74, 6) is -0.610. The molecule has 13 heavy (non-hydrogen) atoms. The Hall–Kier alpha value is -1.04. The van der Waals surface area contributed by atoms with Crippen molar-refractivity contribution < 1.29 is 4.39 Å². The maximum Gasteiger partial charge on any atom is 0.150 e. The lowest BCUT2D eigenvalue weighted by atomic mass is 10.2. The first-order valence-corrected chi connectivity index (χ1v) is 4.12. The van der Waals surface area contributed by atoms with Crippen LogP contribution in [0.3, 0.4) is 0 Å². The first kappa shape index (κ1) is 10.0. The second-order valence-corrected chi connectivity index (χ2v) is 3.04. The van der Waals surface area contributed by atoms with Gasteiger partial charge in [-0.2, -0.15) is 5.26 Å². The second-order valence-electron chi connectivity index (χ2n) is 2.22. The lowest BCUT2D eigenvalue weighted by molar-refractivity contribution is 0.625. The van der Waals surface area contributed by atoms with Crippen LogP contribution in [-0.2, 0) is 0 Å². The Labute approximate surface area is 85.0 Å². The number of allylic oxidation sites excluding steroid dienone is 1. The lowest BCUT2D eigenvalue weighted by Crippen LogP contribution is -1.85. The maximum atomic E-state index is 13.2. The molecule has 0 unspecified atom stereocenters. The van der Waals surface area contributed by atoms with Crippen LogP contribution in [0, 0.1) is 17.1 Å². The van der Waals surface area contributed by atoms with Crippen LogP contribution in [0.25, 0.3) is 5.03 Å². The largest absolute Gasteiger partial charge is 0.205 e. The van der Waals surface area contributed by atoms with Gasteiger partial charge < -0.3 is 0 Å². The van der Waals surface area contributed by atoms with Crippen LogP contribution in [0.15, 0.2) is 24.3 Å². The van der Waals surface area contributed by atoms with E-state index >= 15 is 0 Å². The third-order valence-electron chi connectivity index (χ3n) is 1.40. The molecule has 0 N–H and O–H groups in total. The zero-order valence-corrected chi connectivity index (χ0v) is 7.90. The molecule has 0 aliphatic heterocycles. The molecule has 0 aromatic heterocycles. The number of hydrogen-bond acceptors (Lipinski definition) is 1. The molecule has 1 aromatic rings. The summed E-state index contributed by atoms with van der Waals surface area (Å²) < 4.78 is 13.2. The molecule has 0 saturated heterocycles. The van der Waals surface area contributed by atoms with Gasteiger partial charge in [-0.1, -0.05) is 35.3 Å². The van der Waals surface area contributed by atoms with Gasteiger partial charge in [-0.05, 0) is 6.07 Å². The van der Waals surface area contributed by atoms with Crippen molar-refractivity contribution in [2.75, 3.05) is 0 Å². The van der Waals surface area contributed by atoms with Crippen LogP contribution in [0.2, 0.25) is 5.02 Å². The number of halogens is 3. The van der Waals surface area contributed by atoms with Gasteiger partial charge in [0.1, 0.15) is 0 Å². The lowest BCUT2D eigenvalue weighted by Gasteiger charge is -2.00. The van der Waals surface area contributed by atoms with Crippen molar-refractivity contribution in [2.24, 2.45) is 0 Å². The third kappa shape index (κ3) is 2.21. The van der Waals surface area contributed by atoms with Gasteiger partial charge in [-0.25, -0.2) is 4.39 Å². The predicted molar refractivity (Wildman–Crippen MR) is 50.9 cm³/mol. The van der Waals surface area contributed by atoms with E-state index < -0.39 is 5.82 Å². The molecular formula is C9H4Cl2FN. The summed E-state index contributed by atoms with van der Waals surface area (Å²) in [6, 6.07) is 6.14. The number of rotatable bonds is 1. The number of nitrogens with zero attached hydrogens (tertiary/aromatic N) is 1. The van der Waals surface area contributed by atoms with Crippen LogP contribution in [0.1, 0.15) is 5.56 Å². The van der Waals surface area contributed by atoms with E-state index in [4.69, 9.17) is 28.5 Å². The Kier molecular flexibility index (Phi) is 3.30. The molecule has 0 saturated carbocycles. The van der Waals surface area contributed by atoms with E-state index in [-0.39, 0.29) is 15.6 Å². The smallest absolute Gasteiger partial charge is 0.150 e. The third-order valence-corrected chi connectivity index (χ3v) is 2.00. The van der Waals surface area contributed by atoms with Gasteiger partial charge in [0, 0.05) is 11.6 Å². The van der Waals surface area contributed by atoms with Crippen molar-refractivity contribution in [2.45, 2.75) is 0 Å². The SMILES string of the molecule is N#C/C=C(\Cl)c1cccc(Cl)c1F. The fraction of sp³-hybridized carbons (Fsp3) is 0. The normalized spacial score (nSPS) is 11.1. The van der Waals surface area contributed by atoms with Crippen LogP contribution in [-0.4, -0.2) is 0 Å². The molecule has 66 valence electrons. The van der Waals surface area contributed by atoms with E-state index in [1.54, 1.807) is 12.1 Å². The predicted octanol–water partition coefficient (Wildman–Crippen LogP) is 3.58. The quantitative estimate of drug-likeness (QED) is 0.658. The summed E-state index contributed by atoms with van der Waals surface area (Å²) in [4.78, 5) is 0.